The first kappa shape index (κ1) is 14.5. The minimum Gasteiger partial charge on any atom is -0.0843 e. The molecule has 0 heterocycles. The second-order valence-electron chi connectivity index (χ2n) is 3.67. The van der Waals surface area contributed by atoms with Gasteiger partial charge in [-0.15, -0.1) is 0 Å². The second-order valence-corrected chi connectivity index (χ2v) is 6.22. The van der Waals surface area contributed by atoms with E-state index in [-0.39, 0.29) is 4.83 Å². The molecule has 0 saturated heterocycles. The van der Waals surface area contributed by atoms with Crippen LogP contribution in [0.2, 0.25) is 20.1 Å². The van der Waals surface area contributed by atoms with Crippen LogP contribution < -0.4 is 0 Å². The van der Waals surface area contributed by atoms with E-state index >= 15 is 0 Å². The van der Waals surface area contributed by atoms with Gasteiger partial charge in [0, 0.05) is 10.0 Å². The van der Waals surface area contributed by atoms with E-state index in [0.717, 1.165) is 11.1 Å². The van der Waals surface area contributed by atoms with Gasteiger partial charge in [-0.25, -0.2) is 0 Å². The monoisotopic (exact) mass is 382 g/mol. The van der Waals surface area contributed by atoms with Crippen LogP contribution >= 0.6 is 62.3 Å². The van der Waals surface area contributed by atoms with Crippen molar-refractivity contribution in [2.75, 3.05) is 0 Å². The number of hydrogen-bond donors (Lipinski definition) is 0. The molecule has 0 bridgehead atoms. The Morgan fingerprint density at radius 3 is 2.28 bits per heavy atom. The Morgan fingerprint density at radius 1 is 0.833 bits per heavy atom. The van der Waals surface area contributed by atoms with Crippen molar-refractivity contribution >= 4 is 62.3 Å². The second kappa shape index (κ2) is 6.02. The molecular formula is C13H7BrCl4. The molecule has 0 aromatic heterocycles. The maximum atomic E-state index is 6.19. The van der Waals surface area contributed by atoms with Crippen molar-refractivity contribution in [3.63, 3.8) is 0 Å². The molecule has 5 heteroatoms. The van der Waals surface area contributed by atoms with Crippen LogP contribution in [0.25, 0.3) is 0 Å². The molecular weight excluding hydrogens is 378 g/mol. The van der Waals surface area contributed by atoms with Crippen LogP contribution in [0.15, 0.2) is 36.4 Å². The molecule has 0 radical (unpaired) electrons. The van der Waals surface area contributed by atoms with Crippen molar-refractivity contribution in [2.24, 2.45) is 0 Å². The quantitative estimate of drug-likeness (QED) is 0.500. The summed E-state index contributed by atoms with van der Waals surface area (Å²) >= 11 is 27.9. The zero-order chi connectivity index (χ0) is 13.3. The predicted octanol–water partition coefficient (Wildman–Crippen LogP) is 6.78. The molecule has 1 unspecified atom stereocenters. The molecule has 0 saturated carbocycles. The summed E-state index contributed by atoms with van der Waals surface area (Å²) < 4.78 is 0. The third-order valence-corrected chi connectivity index (χ3v) is 4.88. The molecule has 0 fully saturated rings. The average Bonchev–Trinajstić information content (AvgIpc) is 2.35. The van der Waals surface area contributed by atoms with Crippen LogP contribution in [0.3, 0.4) is 0 Å². The van der Waals surface area contributed by atoms with Crippen LogP contribution in [0, 0.1) is 0 Å². The molecule has 2 aromatic rings. The van der Waals surface area contributed by atoms with Gasteiger partial charge in [-0.05, 0) is 35.4 Å². The van der Waals surface area contributed by atoms with Crippen LogP contribution in [0.1, 0.15) is 16.0 Å². The minimum atomic E-state index is -0.158. The van der Waals surface area contributed by atoms with E-state index < -0.39 is 0 Å². The van der Waals surface area contributed by atoms with E-state index in [1.165, 1.54) is 0 Å². The average molecular weight is 385 g/mol. The highest BCUT2D eigenvalue weighted by atomic mass is 79.9. The smallest absolute Gasteiger partial charge is 0.0674 e. The van der Waals surface area contributed by atoms with Gasteiger partial charge in [0.05, 0.1) is 14.9 Å². The highest BCUT2D eigenvalue weighted by Crippen LogP contribution is 2.41. The first-order chi connectivity index (χ1) is 8.50. The molecule has 0 aliphatic carbocycles. The van der Waals surface area contributed by atoms with Gasteiger partial charge in [-0.3, -0.25) is 0 Å². The van der Waals surface area contributed by atoms with Crippen molar-refractivity contribution in [3.8, 4) is 0 Å². The number of halogens is 5. The molecule has 0 amide bonds. The maximum Gasteiger partial charge on any atom is 0.0674 e. The van der Waals surface area contributed by atoms with E-state index in [1.54, 1.807) is 24.3 Å². The predicted molar refractivity (Wildman–Crippen MR) is 83.7 cm³/mol. The summed E-state index contributed by atoms with van der Waals surface area (Å²) in [4.78, 5) is -0.158. The fraction of sp³-hybridized carbons (Fsp3) is 0.0769. The van der Waals surface area contributed by atoms with Crippen molar-refractivity contribution in [1.82, 2.24) is 0 Å². The van der Waals surface area contributed by atoms with E-state index in [0.29, 0.717) is 20.1 Å². The number of hydrogen-bond acceptors (Lipinski definition) is 0. The van der Waals surface area contributed by atoms with Crippen molar-refractivity contribution in [1.29, 1.82) is 0 Å². The van der Waals surface area contributed by atoms with Crippen molar-refractivity contribution in [3.05, 3.63) is 67.6 Å². The number of alkyl halides is 1. The van der Waals surface area contributed by atoms with Gasteiger partial charge in [0.15, 0.2) is 0 Å². The molecule has 18 heavy (non-hydrogen) atoms. The molecule has 0 N–H and O–H groups in total. The summed E-state index contributed by atoms with van der Waals surface area (Å²) in [6, 6.07) is 10.8. The minimum absolute atomic E-state index is 0.158. The third-order valence-electron chi connectivity index (χ3n) is 2.49. The first-order valence-corrected chi connectivity index (χ1v) is 7.46. The first-order valence-electron chi connectivity index (χ1n) is 5.03. The van der Waals surface area contributed by atoms with Crippen LogP contribution in [-0.4, -0.2) is 0 Å². The molecule has 0 spiro atoms. The lowest BCUT2D eigenvalue weighted by molar-refractivity contribution is 1.18. The SMILES string of the molecule is Clc1ccc(Cl)c(C(Br)c2cccc(Cl)c2Cl)c1. The zero-order valence-corrected chi connectivity index (χ0v) is 13.5. The molecule has 0 nitrogen and oxygen atoms in total. The van der Waals surface area contributed by atoms with Gasteiger partial charge in [-0.1, -0.05) is 74.5 Å². The zero-order valence-electron chi connectivity index (χ0n) is 8.93. The number of rotatable bonds is 2. The van der Waals surface area contributed by atoms with Crippen molar-refractivity contribution < 1.29 is 0 Å². The Hall–Kier alpha value is 0.0800. The van der Waals surface area contributed by atoms with Crippen LogP contribution in [0.4, 0.5) is 0 Å². The van der Waals surface area contributed by atoms with Gasteiger partial charge < -0.3 is 0 Å². The van der Waals surface area contributed by atoms with Gasteiger partial charge >= 0.3 is 0 Å². The lowest BCUT2D eigenvalue weighted by atomic mass is 10.0. The molecule has 94 valence electrons. The van der Waals surface area contributed by atoms with Crippen LogP contribution in [0.5, 0.6) is 0 Å². The topological polar surface area (TPSA) is 0 Å². The number of benzene rings is 2. The van der Waals surface area contributed by atoms with E-state index in [1.807, 2.05) is 12.1 Å². The third kappa shape index (κ3) is 2.97. The summed E-state index contributed by atoms with van der Waals surface area (Å²) in [6.07, 6.45) is 0. The standard InChI is InChI=1S/C13H7BrCl4/c14-12(8-2-1-3-11(17)13(8)18)9-6-7(15)4-5-10(9)16/h1-6,12H. The normalized spacial score (nSPS) is 12.5. The molecule has 2 rings (SSSR count). The summed E-state index contributed by atoms with van der Waals surface area (Å²) in [7, 11) is 0. The van der Waals surface area contributed by atoms with Gasteiger partial charge in [0.1, 0.15) is 0 Å². The van der Waals surface area contributed by atoms with Gasteiger partial charge in [-0.2, -0.15) is 0 Å². The van der Waals surface area contributed by atoms with E-state index in [4.69, 9.17) is 46.4 Å². The Labute approximate surface area is 134 Å². The fourth-order valence-electron chi connectivity index (χ4n) is 1.59. The highest BCUT2D eigenvalue weighted by Gasteiger charge is 2.18. The Bertz CT molecular complexity index is 581. The lowest BCUT2D eigenvalue weighted by Gasteiger charge is -2.15. The Kier molecular flexibility index (Phi) is 4.85. The van der Waals surface area contributed by atoms with Gasteiger partial charge in [0.2, 0.25) is 0 Å². The highest BCUT2D eigenvalue weighted by molar-refractivity contribution is 9.09. The molecule has 0 aliphatic rings. The van der Waals surface area contributed by atoms with E-state index in [9.17, 15) is 0 Å². The summed E-state index contributed by atoms with van der Waals surface area (Å²) in [5.74, 6) is 0. The lowest BCUT2D eigenvalue weighted by Crippen LogP contribution is -1.95. The van der Waals surface area contributed by atoms with Gasteiger partial charge in [0.25, 0.3) is 0 Å². The van der Waals surface area contributed by atoms with Crippen LogP contribution in [-0.2, 0) is 0 Å². The maximum absolute atomic E-state index is 6.19. The van der Waals surface area contributed by atoms with Crippen molar-refractivity contribution in [2.45, 2.75) is 4.83 Å². The summed E-state index contributed by atoms with van der Waals surface area (Å²) in [6.45, 7) is 0. The summed E-state index contributed by atoms with van der Waals surface area (Å²) in [5, 5.41) is 2.27. The molecule has 2 aromatic carbocycles. The largest absolute Gasteiger partial charge is 0.0843 e. The molecule has 1 atom stereocenters. The fourth-order valence-corrected chi connectivity index (χ4v) is 3.44. The van der Waals surface area contributed by atoms with E-state index in [2.05, 4.69) is 15.9 Å². The summed E-state index contributed by atoms with van der Waals surface area (Å²) in [5.41, 5.74) is 1.71. The Balaban J connectivity index is 2.51. The Morgan fingerprint density at radius 2 is 1.56 bits per heavy atom. The molecule has 0 aliphatic heterocycles.